The molecular formula is C24H32ClN5O4S. The number of sulfonamides is 1. The van der Waals surface area contributed by atoms with Crippen molar-refractivity contribution in [3.05, 3.63) is 59.1 Å². The minimum absolute atomic E-state index is 0.150. The Kier molecular flexibility index (Phi) is 9.36. The standard InChI is InChI=1S/C24H32ClN5O4S/c1-35(33,34)28-20-5-2-3-6-22(20)29-13-15-30(16-14-29)24(32)21(27-23(31)7-4-12-26)17-18-8-10-19(25)11-9-18/h2-3,5-6,8-11,21,28H,4,7,12-17,26H2,1H3,(H,27,31). The quantitative estimate of drug-likeness (QED) is 0.438. The van der Waals surface area contributed by atoms with Gasteiger partial charge in [0.15, 0.2) is 0 Å². The van der Waals surface area contributed by atoms with Crippen LogP contribution in [0.4, 0.5) is 11.4 Å². The molecular weight excluding hydrogens is 490 g/mol. The number of nitrogens with zero attached hydrogens (tertiary/aromatic N) is 2. The number of hydrogen-bond acceptors (Lipinski definition) is 6. The predicted octanol–water partition coefficient (Wildman–Crippen LogP) is 1.83. The molecule has 0 radical (unpaired) electrons. The molecule has 4 N–H and O–H groups in total. The molecule has 2 aromatic carbocycles. The molecule has 0 aliphatic carbocycles. The summed E-state index contributed by atoms with van der Waals surface area (Å²) in [4.78, 5) is 29.6. The molecule has 0 aromatic heterocycles. The molecule has 2 amide bonds. The van der Waals surface area contributed by atoms with Crippen molar-refractivity contribution in [1.29, 1.82) is 0 Å². The van der Waals surface area contributed by atoms with Crippen LogP contribution in [-0.2, 0) is 26.0 Å². The third-order valence-electron chi connectivity index (χ3n) is 5.73. The van der Waals surface area contributed by atoms with Gasteiger partial charge in [0.05, 0.1) is 17.6 Å². The van der Waals surface area contributed by atoms with Crippen LogP contribution in [0.25, 0.3) is 0 Å². The van der Waals surface area contributed by atoms with Crippen molar-refractivity contribution in [1.82, 2.24) is 10.2 Å². The number of anilines is 2. The highest BCUT2D eigenvalue weighted by Gasteiger charge is 2.29. The summed E-state index contributed by atoms with van der Waals surface area (Å²) in [6, 6.07) is 13.7. The zero-order chi connectivity index (χ0) is 25.4. The third kappa shape index (κ3) is 8.12. The SMILES string of the molecule is CS(=O)(=O)Nc1ccccc1N1CCN(C(=O)C(Cc2ccc(Cl)cc2)NC(=O)CCCN)CC1. The van der Waals surface area contributed by atoms with E-state index in [1.54, 1.807) is 29.2 Å². The molecule has 1 fully saturated rings. The van der Waals surface area contributed by atoms with Gasteiger partial charge in [-0.2, -0.15) is 0 Å². The number of benzene rings is 2. The number of piperazine rings is 1. The van der Waals surface area contributed by atoms with Crippen LogP contribution in [0.2, 0.25) is 5.02 Å². The number of amides is 2. The van der Waals surface area contributed by atoms with Gasteiger partial charge in [-0.05, 0) is 42.8 Å². The fraction of sp³-hybridized carbons (Fsp3) is 0.417. The Bertz CT molecular complexity index is 1120. The lowest BCUT2D eigenvalue weighted by Crippen LogP contribution is -2.55. The average Bonchev–Trinajstić information content (AvgIpc) is 2.83. The summed E-state index contributed by atoms with van der Waals surface area (Å²) >= 11 is 5.99. The van der Waals surface area contributed by atoms with E-state index in [1.165, 1.54) is 0 Å². The molecule has 3 rings (SSSR count). The van der Waals surface area contributed by atoms with Crippen molar-refractivity contribution in [3.8, 4) is 0 Å². The lowest BCUT2D eigenvalue weighted by Gasteiger charge is -2.38. The van der Waals surface area contributed by atoms with Crippen LogP contribution < -0.4 is 20.7 Å². The van der Waals surface area contributed by atoms with E-state index in [0.717, 1.165) is 17.5 Å². The second kappa shape index (κ2) is 12.2. The fourth-order valence-corrected chi connectivity index (χ4v) is 4.71. The summed E-state index contributed by atoms with van der Waals surface area (Å²) in [5.74, 6) is -0.356. The average molecular weight is 522 g/mol. The molecule has 1 atom stereocenters. The molecule has 35 heavy (non-hydrogen) atoms. The van der Waals surface area contributed by atoms with Crippen LogP contribution in [0.1, 0.15) is 18.4 Å². The van der Waals surface area contributed by atoms with Crippen molar-refractivity contribution in [3.63, 3.8) is 0 Å². The molecule has 9 nitrogen and oxygen atoms in total. The zero-order valence-electron chi connectivity index (χ0n) is 19.7. The zero-order valence-corrected chi connectivity index (χ0v) is 21.3. The van der Waals surface area contributed by atoms with Gasteiger partial charge in [-0.15, -0.1) is 0 Å². The first-order valence-electron chi connectivity index (χ1n) is 11.5. The van der Waals surface area contributed by atoms with E-state index >= 15 is 0 Å². The van der Waals surface area contributed by atoms with Gasteiger partial charge in [0, 0.05) is 44.0 Å². The van der Waals surface area contributed by atoms with E-state index in [-0.39, 0.29) is 18.2 Å². The third-order valence-corrected chi connectivity index (χ3v) is 6.57. The number of halogens is 1. The molecule has 11 heteroatoms. The lowest BCUT2D eigenvalue weighted by molar-refractivity contribution is -0.136. The highest BCUT2D eigenvalue weighted by Crippen LogP contribution is 2.27. The predicted molar refractivity (Wildman–Crippen MR) is 139 cm³/mol. The number of para-hydroxylation sites is 2. The van der Waals surface area contributed by atoms with E-state index < -0.39 is 16.1 Å². The van der Waals surface area contributed by atoms with E-state index in [1.807, 2.05) is 29.2 Å². The molecule has 1 aliphatic rings. The summed E-state index contributed by atoms with van der Waals surface area (Å²) in [6.45, 7) is 2.36. The van der Waals surface area contributed by atoms with Crippen molar-refractivity contribution in [2.24, 2.45) is 5.73 Å². The Balaban J connectivity index is 1.69. The van der Waals surface area contributed by atoms with Gasteiger partial charge < -0.3 is 20.9 Å². The first-order chi connectivity index (χ1) is 16.7. The van der Waals surface area contributed by atoms with Crippen molar-refractivity contribution < 1.29 is 18.0 Å². The van der Waals surface area contributed by atoms with Crippen LogP contribution in [0.5, 0.6) is 0 Å². The van der Waals surface area contributed by atoms with Crippen molar-refractivity contribution >= 4 is 44.8 Å². The van der Waals surface area contributed by atoms with E-state index in [2.05, 4.69) is 10.0 Å². The van der Waals surface area contributed by atoms with Gasteiger partial charge in [0.2, 0.25) is 21.8 Å². The Hall–Kier alpha value is -2.82. The van der Waals surface area contributed by atoms with Crippen LogP contribution in [0.3, 0.4) is 0 Å². The highest BCUT2D eigenvalue weighted by molar-refractivity contribution is 7.92. The normalized spacial score (nSPS) is 14.9. The number of carbonyl (C=O) groups is 2. The van der Waals surface area contributed by atoms with Gasteiger partial charge in [-0.25, -0.2) is 8.42 Å². The number of nitrogens with one attached hydrogen (secondary N) is 2. The molecule has 2 aromatic rings. The van der Waals surface area contributed by atoms with Crippen LogP contribution in [0.15, 0.2) is 48.5 Å². The molecule has 1 aliphatic heterocycles. The smallest absolute Gasteiger partial charge is 0.245 e. The monoisotopic (exact) mass is 521 g/mol. The van der Waals surface area contributed by atoms with E-state index in [0.29, 0.717) is 56.3 Å². The summed E-state index contributed by atoms with van der Waals surface area (Å²) in [5.41, 5.74) is 7.68. The molecule has 190 valence electrons. The molecule has 0 saturated carbocycles. The van der Waals surface area contributed by atoms with Gasteiger partial charge in [0.25, 0.3) is 0 Å². The maximum absolute atomic E-state index is 13.4. The molecule has 1 heterocycles. The second-order valence-corrected chi connectivity index (χ2v) is 10.7. The highest BCUT2D eigenvalue weighted by atomic mass is 35.5. The van der Waals surface area contributed by atoms with Crippen LogP contribution in [0, 0.1) is 0 Å². The Morgan fingerprint density at radius 2 is 1.71 bits per heavy atom. The van der Waals surface area contributed by atoms with Gasteiger partial charge in [-0.1, -0.05) is 35.9 Å². The number of rotatable bonds is 10. The Labute approximate surface area is 211 Å². The summed E-state index contributed by atoms with van der Waals surface area (Å²) in [5, 5.41) is 3.48. The van der Waals surface area contributed by atoms with Crippen LogP contribution >= 0.6 is 11.6 Å². The summed E-state index contributed by atoms with van der Waals surface area (Å²) in [7, 11) is -3.42. The minimum atomic E-state index is -3.42. The number of nitrogens with two attached hydrogens (primary N) is 1. The van der Waals surface area contributed by atoms with Crippen molar-refractivity contribution in [2.75, 3.05) is 48.6 Å². The largest absolute Gasteiger partial charge is 0.366 e. The second-order valence-electron chi connectivity index (χ2n) is 8.55. The van der Waals surface area contributed by atoms with Gasteiger partial charge in [-0.3, -0.25) is 14.3 Å². The minimum Gasteiger partial charge on any atom is -0.366 e. The Morgan fingerprint density at radius 1 is 1.06 bits per heavy atom. The van der Waals surface area contributed by atoms with E-state index in [4.69, 9.17) is 17.3 Å². The molecule has 0 bridgehead atoms. The van der Waals surface area contributed by atoms with Crippen LogP contribution in [-0.4, -0.2) is 70.2 Å². The first-order valence-corrected chi connectivity index (χ1v) is 13.8. The van der Waals surface area contributed by atoms with Crippen molar-refractivity contribution in [2.45, 2.75) is 25.3 Å². The fourth-order valence-electron chi connectivity index (χ4n) is 4.01. The molecule has 1 saturated heterocycles. The Morgan fingerprint density at radius 3 is 2.34 bits per heavy atom. The summed E-state index contributed by atoms with van der Waals surface area (Å²) < 4.78 is 26.0. The maximum Gasteiger partial charge on any atom is 0.245 e. The molecule has 0 spiro atoms. The maximum atomic E-state index is 13.4. The first kappa shape index (κ1) is 26.8. The topological polar surface area (TPSA) is 125 Å². The van der Waals surface area contributed by atoms with E-state index in [9.17, 15) is 18.0 Å². The lowest BCUT2D eigenvalue weighted by atomic mass is 10.0. The van der Waals surface area contributed by atoms with Gasteiger partial charge in [0.1, 0.15) is 6.04 Å². The number of hydrogen-bond donors (Lipinski definition) is 3. The van der Waals surface area contributed by atoms with Gasteiger partial charge >= 0.3 is 0 Å². The number of carbonyl (C=O) groups excluding carboxylic acids is 2. The molecule has 1 unspecified atom stereocenters. The summed E-state index contributed by atoms with van der Waals surface area (Å²) in [6.07, 6.45) is 2.28.